The topological polar surface area (TPSA) is 78.0 Å². The van der Waals surface area contributed by atoms with Crippen LogP contribution in [0.25, 0.3) is 32.7 Å². The summed E-state index contributed by atoms with van der Waals surface area (Å²) in [6.45, 7) is 7.84. The van der Waals surface area contributed by atoms with Gasteiger partial charge in [0, 0.05) is 75.1 Å². The smallest absolute Gasteiger partial charge is 0.0705 e. The normalized spacial score (nSPS) is 11.7. The Labute approximate surface area is 253 Å². The monoisotopic (exact) mass is 569 g/mol. The minimum Gasteiger partial charge on any atom is -0.310 e. The van der Waals surface area contributed by atoms with Gasteiger partial charge in [-0.05, 0) is 36.4 Å². The molecule has 3 N–H and O–H groups in total. The van der Waals surface area contributed by atoms with E-state index in [2.05, 4.69) is 112 Å². The number of aromatic nitrogens is 3. The maximum absolute atomic E-state index is 4.80. The summed E-state index contributed by atoms with van der Waals surface area (Å²) in [6.07, 6.45) is 0. The van der Waals surface area contributed by atoms with E-state index in [0.29, 0.717) is 0 Å². The molecule has 0 radical (unpaired) electrons. The third kappa shape index (κ3) is 8.18. The number of nitrogens with one attached hydrogen (secondary N) is 3. The Kier molecular flexibility index (Phi) is 9.89. The molecule has 0 unspecified atom stereocenters. The van der Waals surface area contributed by atoms with E-state index in [-0.39, 0.29) is 0 Å². The molecule has 0 saturated heterocycles. The van der Waals surface area contributed by atoms with Gasteiger partial charge in [0.1, 0.15) is 0 Å². The second-order valence-corrected chi connectivity index (χ2v) is 10.9. The van der Waals surface area contributed by atoms with Gasteiger partial charge in [-0.15, -0.1) is 0 Å². The number of benzene rings is 3. The summed E-state index contributed by atoms with van der Waals surface area (Å²) in [5.74, 6) is 0. The van der Waals surface area contributed by atoms with Gasteiger partial charge in [0.25, 0.3) is 0 Å². The van der Waals surface area contributed by atoms with Crippen molar-refractivity contribution in [1.82, 2.24) is 35.8 Å². The lowest BCUT2D eigenvalue weighted by Crippen LogP contribution is -2.40. The molecule has 0 aliphatic carbocycles. The SMILES string of the molecule is c1ccc2nc(CNCCN(CCNCc3ccc4ccccc4n3)CCNCc3ccc4ccccc4n3)ccc2c1. The Morgan fingerprint density at radius 1 is 0.395 bits per heavy atom. The fourth-order valence-corrected chi connectivity index (χ4v) is 5.32. The van der Waals surface area contributed by atoms with E-state index in [1.54, 1.807) is 0 Å². The molecule has 6 aromatic rings. The van der Waals surface area contributed by atoms with E-state index in [1.807, 2.05) is 18.2 Å². The van der Waals surface area contributed by atoms with E-state index in [0.717, 1.165) is 92.5 Å². The molecule has 0 spiro atoms. The summed E-state index contributed by atoms with van der Waals surface area (Å²) >= 11 is 0. The zero-order valence-electron chi connectivity index (χ0n) is 24.5. The first-order valence-electron chi connectivity index (χ1n) is 15.2. The zero-order valence-corrected chi connectivity index (χ0v) is 24.5. The highest BCUT2D eigenvalue weighted by atomic mass is 15.2. The number of nitrogens with zero attached hydrogens (tertiary/aromatic N) is 4. The molecule has 3 aromatic heterocycles. The highest BCUT2D eigenvalue weighted by molar-refractivity contribution is 5.79. The fourth-order valence-electron chi connectivity index (χ4n) is 5.32. The number of rotatable bonds is 15. The summed E-state index contributed by atoms with van der Waals surface area (Å²) in [5, 5.41) is 14.3. The van der Waals surface area contributed by atoms with Gasteiger partial charge >= 0.3 is 0 Å². The molecule has 0 fully saturated rings. The first-order valence-corrected chi connectivity index (χ1v) is 15.2. The molecule has 43 heavy (non-hydrogen) atoms. The van der Waals surface area contributed by atoms with Crippen LogP contribution >= 0.6 is 0 Å². The van der Waals surface area contributed by atoms with Crippen LogP contribution in [0.5, 0.6) is 0 Å². The van der Waals surface area contributed by atoms with Crippen molar-refractivity contribution in [1.29, 1.82) is 0 Å². The van der Waals surface area contributed by atoms with Crippen LogP contribution in [-0.2, 0) is 19.6 Å². The molecule has 0 saturated carbocycles. The summed E-state index contributed by atoms with van der Waals surface area (Å²) < 4.78 is 0. The van der Waals surface area contributed by atoms with Gasteiger partial charge in [0.15, 0.2) is 0 Å². The molecule has 0 amide bonds. The summed E-state index contributed by atoms with van der Waals surface area (Å²) in [5.41, 5.74) is 6.34. The largest absolute Gasteiger partial charge is 0.310 e. The van der Waals surface area contributed by atoms with Crippen molar-refractivity contribution in [2.75, 3.05) is 39.3 Å². The van der Waals surface area contributed by atoms with Crippen molar-refractivity contribution in [2.45, 2.75) is 19.6 Å². The van der Waals surface area contributed by atoms with E-state index in [9.17, 15) is 0 Å². The molecule has 0 bridgehead atoms. The maximum atomic E-state index is 4.80. The van der Waals surface area contributed by atoms with Crippen LogP contribution < -0.4 is 16.0 Å². The fraction of sp³-hybridized carbons (Fsp3) is 0.250. The van der Waals surface area contributed by atoms with Gasteiger partial charge < -0.3 is 16.0 Å². The summed E-state index contributed by atoms with van der Waals surface area (Å²) in [6, 6.07) is 37.6. The van der Waals surface area contributed by atoms with Gasteiger partial charge in [0.2, 0.25) is 0 Å². The van der Waals surface area contributed by atoms with Crippen LogP contribution in [0.2, 0.25) is 0 Å². The van der Waals surface area contributed by atoms with E-state index >= 15 is 0 Å². The van der Waals surface area contributed by atoms with Crippen molar-refractivity contribution in [3.05, 3.63) is 126 Å². The molecule has 0 aliphatic rings. The molecule has 0 atom stereocenters. The third-order valence-electron chi connectivity index (χ3n) is 7.70. The Morgan fingerprint density at radius 3 is 1.07 bits per heavy atom. The van der Waals surface area contributed by atoms with E-state index in [1.165, 1.54) is 16.2 Å². The lowest BCUT2D eigenvalue weighted by molar-refractivity contribution is 0.271. The number of para-hydroxylation sites is 3. The Balaban J connectivity index is 0.983. The highest BCUT2D eigenvalue weighted by Gasteiger charge is 2.07. The minimum atomic E-state index is 0.760. The van der Waals surface area contributed by atoms with Crippen LogP contribution in [0.1, 0.15) is 17.1 Å². The molecule has 218 valence electrons. The highest BCUT2D eigenvalue weighted by Crippen LogP contribution is 2.13. The molecule has 7 nitrogen and oxygen atoms in total. The molecular weight excluding hydrogens is 530 g/mol. The minimum absolute atomic E-state index is 0.760. The average Bonchev–Trinajstić information content (AvgIpc) is 3.06. The van der Waals surface area contributed by atoms with Gasteiger partial charge in [0.05, 0.1) is 33.6 Å². The van der Waals surface area contributed by atoms with Crippen LogP contribution in [0.15, 0.2) is 109 Å². The molecule has 3 heterocycles. The van der Waals surface area contributed by atoms with Crippen molar-refractivity contribution in [3.8, 4) is 0 Å². The zero-order chi connectivity index (χ0) is 29.1. The number of hydrogen-bond donors (Lipinski definition) is 3. The Bertz CT molecular complexity index is 1560. The second kappa shape index (κ2) is 14.8. The molecular formula is C36H39N7. The molecule has 7 heteroatoms. The first-order chi connectivity index (χ1) is 21.3. The predicted octanol–water partition coefficient (Wildman–Crippen LogP) is 5.30. The summed E-state index contributed by atoms with van der Waals surface area (Å²) in [4.78, 5) is 16.9. The van der Waals surface area contributed by atoms with Crippen LogP contribution in [0.3, 0.4) is 0 Å². The van der Waals surface area contributed by atoms with E-state index in [4.69, 9.17) is 15.0 Å². The van der Waals surface area contributed by atoms with Gasteiger partial charge in [-0.2, -0.15) is 0 Å². The quantitative estimate of drug-likeness (QED) is 0.145. The number of fused-ring (bicyclic) bond motifs is 3. The third-order valence-corrected chi connectivity index (χ3v) is 7.70. The van der Waals surface area contributed by atoms with Gasteiger partial charge in [-0.1, -0.05) is 72.8 Å². The Morgan fingerprint density at radius 2 is 0.721 bits per heavy atom. The Hall–Kier alpha value is -4.27. The van der Waals surface area contributed by atoms with Crippen LogP contribution in [0.4, 0.5) is 0 Å². The van der Waals surface area contributed by atoms with Crippen molar-refractivity contribution in [3.63, 3.8) is 0 Å². The number of pyridine rings is 3. The van der Waals surface area contributed by atoms with Crippen molar-refractivity contribution >= 4 is 32.7 Å². The van der Waals surface area contributed by atoms with Crippen LogP contribution in [0, 0.1) is 0 Å². The van der Waals surface area contributed by atoms with Crippen LogP contribution in [-0.4, -0.2) is 59.1 Å². The number of hydrogen-bond acceptors (Lipinski definition) is 7. The first kappa shape index (κ1) is 28.8. The lowest BCUT2D eigenvalue weighted by atomic mass is 10.2. The summed E-state index contributed by atoms with van der Waals surface area (Å²) in [7, 11) is 0. The van der Waals surface area contributed by atoms with Gasteiger partial charge in [-0.3, -0.25) is 19.9 Å². The van der Waals surface area contributed by atoms with Gasteiger partial charge in [-0.25, -0.2) is 0 Å². The lowest BCUT2D eigenvalue weighted by Gasteiger charge is -2.23. The van der Waals surface area contributed by atoms with Crippen molar-refractivity contribution < 1.29 is 0 Å². The predicted molar refractivity (Wildman–Crippen MR) is 177 cm³/mol. The molecule has 3 aromatic carbocycles. The second-order valence-electron chi connectivity index (χ2n) is 10.9. The van der Waals surface area contributed by atoms with E-state index < -0.39 is 0 Å². The molecule has 0 aliphatic heterocycles. The standard InChI is InChI=1S/C36H39N7/c1-4-10-34-28(7-1)13-16-31(40-34)25-37-19-22-43(23-20-38-26-32-17-14-29-8-2-5-11-35(29)41-32)24-21-39-27-33-18-15-30-9-3-6-12-36(30)42-33/h1-18,37-39H,19-27H2. The van der Waals surface area contributed by atoms with Crippen molar-refractivity contribution in [2.24, 2.45) is 0 Å². The average molecular weight is 570 g/mol. The molecule has 6 rings (SSSR count). The maximum Gasteiger partial charge on any atom is 0.0705 e.